The number of aromatic nitrogens is 5. The molecular weight excluding hydrogens is 372 g/mol. The van der Waals surface area contributed by atoms with Gasteiger partial charge in [0.05, 0.1) is 19.2 Å². The Morgan fingerprint density at radius 3 is 2.93 bits per heavy atom. The number of nitrogens with one attached hydrogen (secondary N) is 1. The summed E-state index contributed by atoms with van der Waals surface area (Å²) in [6.45, 7) is 6.20. The molecule has 2 aromatic heterocycles. The summed E-state index contributed by atoms with van der Waals surface area (Å²) in [4.78, 5) is 17.7. The van der Waals surface area contributed by atoms with Gasteiger partial charge in [-0.1, -0.05) is 11.6 Å². The second kappa shape index (κ2) is 9.73. The minimum absolute atomic E-state index is 0.0745. The Hall–Kier alpha value is -2.62. The number of rotatable bonds is 10. The largest absolute Gasteiger partial charge is 0.396 e. The van der Waals surface area contributed by atoms with Gasteiger partial charge in [-0.25, -0.2) is 4.68 Å². The maximum atomic E-state index is 12.7. The van der Waals surface area contributed by atoms with Crippen molar-refractivity contribution in [2.24, 2.45) is 0 Å². The lowest BCUT2D eigenvalue weighted by molar-refractivity contribution is 0.156. The summed E-state index contributed by atoms with van der Waals surface area (Å²) < 4.78 is 6.85. The topological polar surface area (TPSA) is 109 Å². The van der Waals surface area contributed by atoms with Crippen molar-refractivity contribution in [3.63, 3.8) is 0 Å². The maximum Gasteiger partial charge on any atom is 0.252 e. The van der Waals surface area contributed by atoms with Crippen LogP contribution >= 0.6 is 0 Å². The van der Waals surface area contributed by atoms with Gasteiger partial charge in [0.25, 0.3) is 5.56 Å². The molecule has 0 saturated carbocycles. The molecule has 2 N–H and O–H groups in total. The number of hydrogen-bond donors (Lipinski definition) is 2. The number of nitrogens with zero attached hydrogens (tertiary/aromatic N) is 5. The average Bonchev–Trinajstić information content (AvgIpc) is 3.18. The van der Waals surface area contributed by atoms with Gasteiger partial charge in [0.2, 0.25) is 0 Å². The van der Waals surface area contributed by atoms with Crippen molar-refractivity contribution in [2.75, 3.05) is 26.9 Å². The van der Waals surface area contributed by atoms with E-state index in [1.165, 1.54) is 0 Å². The minimum Gasteiger partial charge on any atom is -0.396 e. The molecule has 1 unspecified atom stereocenters. The molecule has 3 aromatic rings. The van der Waals surface area contributed by atoms with Crippen LogP contribution in [-0.2, 0) is 17.8 Å². The first-order valence-corrected chi connectivity index (χ1v) is 9.76. The molecule has 0 saturated heterocycles. The quantitative estimate of drug-likeness (QED) is 0.530. The summed E-state index contributed by atoms with van der Waals surface area (Å²) in [7, 11) is 1.63. The van der Waals surface area contributed by atoms with E-state index in [9.17, 15) is 9.90 Å². The standard InChI is InChI=1S/C20H28N6O3/c1-14-5-6-18-16(11-14)12-17(20(28)21-18)13-25(7-4-9-27)15(2)19-22-23-24-26(19)8-10-29-3/h5-6,11-12,15,27H,4,7-10,13H2,1-3H3,(H,21,28). The lowest BCUT2D eigenvalue weighted by Gasteiger charge is -2.28. The monoisotopic (exact) mass is 400 g/mol. The number of methoxy groups -OCH3 is 1. The van der Waals surface area contributed by atoms with Gasteiger partial charge in [-0.3, -0.25) is 9.69 Å². The van der Waals surface area contributed by atoms with Crippen LogP contribution in [0.25, 0.3) is 10.9 Å². The van der Waals surface area contributed by atoms with Gasteiger partial charge in [0.1, 0.15) is 0 Å². The van der Waals surface area contributed by atoms with Crippen molar-refractivity contribution >= 4 is 10.9 Å². The molecule has 0 bridgehead atoms. The first-order valence-electron chi connectivity index (χ1n) is 9.76. The number of fused-ring (bicyclic) bond motifs is 1. The molecule has 0 amide bonds. The third-order valence-corrected chi connectivity index (χ3v) is 5.04. The fourth-order valence-electron chi connectivity index (χ4n) is 3.40. The number of benzene rings is 1. The first-order chi connectivity index (χ1) is 14.0. The Morgan fingerprint density at radius 2 is 2.17 bits per heavy atom. The number of ether oxygens (including phenoxy) is 1. The fourth-order valence-corrected chi connectivity index (χ4v) is 3.40. The Morgan fingerprint density at radius 1 is 1.34 bits per heavy atom. The summed E-state index contributed by atoms with van der Waals surface area (Å²) in [5, 5.41) is 22.4. The molecule has 1 aromatic carbocycles. The molecule has 3 rings (SSSR count). The van der Waals surface area contributed by atoms with E-state index in [0.29, 0.717) is 44.0 Å². The van der Waals surface area contributed by atoms with Crippen molar-refractivity contribution in [3.05, 3.63) is 51.6 Å². The zero-order valence-corrected chi connectivity index (χ0v) is 17.1. The van der Waals surface area contributed by atoms with Crippen LogP contribution in [0.15, 0.2) is 29.1 Å². The van der Waals surface area contributed by atoms with Gasteiger partial charge in [-0.2, -0.15) is 0 Å². The number of tetrazole rings is 1. The molecule has 9 heteroatoms. The van der Waals surface area contributed by atoms with Crippen LogP contribution in [0.5, 0.6) is 0 Å². The highest BCUT2D eigenvalue weighted by Crippen LogP contribution is 2.21. The van der Waals surface area contributed by atoms with E-state index in [0.717, 1.165) is 16.5 Å². The van der Waals surface area contributed by atoms with E-state index < -0.39 is 0 Å². The average molecular weight is 400 g/mol. The molecule has 29 heavy (non-hydrogen) atoms. The van der Waals surface area contributed by atoms with Crippen LogP contribution in [0.2, 0.25) is 0 Å². The second-order valence-corrected chi connectivity index (χ2v) is 7.19. The highest BCUT2D eigenvalue weighted by atomic mass is 16.5. The van der Waals surface area contributed by atoms with Crippen LogP contribution in [0.1, 0.15) is 36.3 Å². The van der Waals surface area contributed by atoms with Crippen molar-refractivity contribution in [1.29, 1.82) is 0 Å². The van der Waals surface area contributed by atoms with Crippen LogP contribution in [0.3, 0.4) is 0 Å². The highest BCUT2D eigenvalue weighted by Gasteiger charge is 2.23. The molecule has 1 atom stereocenters. The van der Waals surface area contributed by atoms with Crippen molar-refractivity contribution in [1.82, 2.24) is 30.1 Å². The van der Waals surface area contributed by atoms with E-state index >= 15 is 0 Å². The normalized spacial score (nSPS) is 12.7. The summed E-state index contributed by atoms with van der Waals surface area (Å²) in [5.74, 6) is 0.702. The summed E-state index contributed by atoms with van der Waals surface area (Å²) in [6.07, 6.45) is 0.592. The lowest BCUT2D eigenvalue weighted by Crippen LogP contribution is -2.32. The minimum atomic E-state index is -0.138. The molecule has 0 aliphatic rings. The Balaban J connectivity index is 1.89. The molecule has 2 heterocycles. The number of pyridine rings is 1. The molecular formula is C20H28N6O3. The van der Waals surface area contributed by atoms with Gasteiger partial charge in [0, 0.05) is 37.9 Å². The third-order valence-electron chi connectivity index (χ3n) is 5.04. The molecule has 0 fully saturated rings. The molecule has 0 aliphatic heterocycles. The number of aryl methyl sites for hydroxylation is 1. The molecule has 0 aliphatic carbocycles. The molecule has 0 spiro atoms. The maximum absolute atomic E-state index is 12.7. The van der Waals surface area contributed by atoms with Crippen LogP contribution in [-0.4, -0.2) is 62.1 Å². The van der Waals surface area contributed by atoms with Gasteiger partial charge < -0.3 is 14.8 Å². The van der Waals surface area contributed by atoms with Crippen molar-refractivity contribution < 1.29 is 9.84 Å². The predicted molar refractivity (Wildman–Crippen MR) is 110 cm³/mol. The van der Waals surface area contributed by atoms with Gasteiger partial charge in [-0.15, -0.1) is 5.10 Å². The highest BCUT2D eigenvalue weighted by molar-refractivity contribution is 5.79. The van der Waals surface area contributed by atoms with E-state index in [2.05, 4.69) is 31.5 Å². The van der Waals surface area contributed by atoms with Crippen molar-refractivity contribution in [2.45, 2.75) is 39.4 Å². The van der Waals surface area contributed by atoms with Crippen LogP contribution < -0.4 is 5.56 Å². The third kappa shape index (κ3) is 5.06. The van der Waals surface area contributed by atoms with E-state index in [4.69, 9.17) is 4.74 Å². The SMILES string of the molecule is COCCn1nnnc1C(C)N(CCCO)Cc1cc2cc(C)ccc2[nH]c1=O. The number of aromatic amines is 1. The van der Waals surface area contributed by atoms with E-state index in [-0.39, 0.29) is 18.2 Å². The number of aliphatic hydroxyl groups excluding tert-OH is 1. The number of aliphatic hydroxyl groups is 1. The van der Waals surface area contributed by atoms with E-state index in [1.807, 2.05) is 32.0 Å². The Kier molecular flexibility index (Phi) is 7.08. The lowest BCUT2D eigenvalue weighted by atomic mass is 10.1. The van der Waals surface area contributed by atoms with Gasteiger partial charge in [-0.05, 0) is 54.3 Å². The summed E-state index contributed by atoms with van der Waals surface area (Å²) in [6, 6.07) is 7.76. The van der Waals surface area contributed by atoms with Gasteiger partial charge >= 0.3 is 0 Å². The van der Waals surface area contributed by atoms with E-state index in [1.54, 1.807) is 11.8 Å². The van der Waals surface area contributed by atoms with Gasteiger partial charge in [0.15, 0.2) is 5.82 Å². The zero-order chi connectivity index (χ0) is 20.8. The first kappa shape index (κ1) is 21.1. The number of H-pyrrole nitrogens is 1. The predicted octanol–water partition coefficient (Wildman–Crippen LogP) is 1.42. The van der Waals surface area contributed by atoms with Crippen LogP contribution in [0.4, 0.5) is 0 Å². The molecule has 9 nitrogen and oxygen atoms in total. The smallest absolute Gasteiger partial charge is 0.252 e. The Bertz CT molecular complexity index is 999. The fraction of sp³-hybridized carbons (Fsp3) is 0.500. The summed E-state index contributed by atoms with van der Waals surface area (Å²) >= 11 is 0. The molecule has 156 valence electrons. The summed E-state index contributed by atoms with van der Waals surface area (Å²) in [5.41, 5.74) is 2.52. The Labute approximate surface area is 169 Å². The number of hydrogen-bond acceptors (Lipinski definition) is 7. The van der Waals surface area contributed by atoms with Crippen LogP contribution in [0, 0.1) is 6.92 Å². The second-order valence-electron chi connectivity index (χ2n) is 7.19. The zero-order valence-electron chi connectivity index (χ0n) is 17.1. The molecule has 0 radical (unpaired) electrons. The van der Waals surface area contributed by atoms with Crippen molar-refractivity contribution in [3.8, 4) is 0 Å².